The summed E-state index contributed by atoms with van der Waals surface area (Å²) in [5, 5.41) is 0. The molecule has 0 saturated heterocycles. The van der Waals surface area contributed by atoms with Gasteiger partial charge in [-0.15, -0.1) is 0 Å². The van der Waals surface area contributed by atoms with Crippen LogP contribution in [0.5, 0.6) is 0 Å². The van der Waals surface area contributed by atoms with Gasteiger partial charge in [0, 0.05) is 0 Å². The van der Waals surface area contributed by atoms with Crippen molar-refractivity contribution in [2.24, 2.45) is 5.92 Å². The van der Waals surface area contributed by atoms with Gasteiger partial charge in [0.05, 0.1) is 11.5 Å². The van der Waals surface area contributed by atoms with Crippen LogP contribution in [0.25, 0.3) is 0 Å². The lowest BCUT2D eigenvalue weighted by molar-refractivity contribution is 0.452. The van der Waals surface area contributed by atoms with Crippen LogP contribution in [0.1, 0.15) is 13.3 Å². The molecule has 0 fully saturated rings. The topological polar surface area (TPSA) is 109 Å². The molecule has 13 heavy (non-hydrogen) atoms. The highest BCUT2D eigenvalue weighted by Gasteiger charge is 2.20. The Bertz CT molecular complexity index is 305. The highest BCUT2D eigenvalue weighted by atomic mass is 32.2. The zero-order valence-corrected chi connectivity index (χ0v) is 8.68. The zero-order chi connectivity index (χ0) is 10.7. The molecule has 0 aliphatic carbocycles. The first kappa shape index (κ1) is 12.8. The first-order valence-corrected chi connectivity index (χ1v) is 6.76. The predicted molar refractivity (Wildman–Crippen MR) is 46.6 cm³/mol. The van der Waals surface area contributed by atoms with E-state index < -0.39 is 37.7 Å². The summed E-state index contributed by atoms with van der Waals surface area (Å²) in [5.74, 6) is -2.07. The van der Waals surface area contributed by atoms with Crippen LogP contribution >= 0.6 is 0 Å². The lowest BCUT2D eigenvalue weighted by atomic mass is 10.2. The Morgan fingerprint density at radius 3 is 1.46 bits per heavy atom. The summed E-state index contributed by atoms with van der Waals surface area (Å²) < 4.78 is 58.3. The van der Waals surface area contributed by atoms with Gasteiger partial charge in [-0.2, -0.15) is 16.8 Å². The maximum Gasteiger partial charge on any atom is 0.265 e. The molecule has 8 heteroatoms. The van der Waals surface area contributed by atoms with Crippen LogP contribution in [0.4, 0.5) is 0 Å². The second-order valence-electron chi connectivity index (χ2n) is 2.77. The highest BCUT2D eigenvalue weighted by molar-refractivity contribution is 7.86. The molecule has 0 aromatic rings. The first-order chi connectivity index (χ1) is 5.64. The number of hydrogen-bond acceptors (Lipinski definition) is 4. The smallest absolute Gasteiger partial charge is 0.265 e. The quantitative estimate of drug-likeness (QED) is 0.635. The second-order valence-corrected chi connectivity index (χ2v) is 5.77. The van der Waals surface area contributed by atoms with Crippen LogP contribution < -0.4 is 0 Å². The van der Waals surface area contributed by atoms with Crippen LogP contribution in [0.2, 0.25) is 0 Å². The van der Waals surface area contributed by atoms with Crippen LogP contribution in [-0.2, 0) is 20.2 Å². The van der Waals surface area contributed by atoms with E-state index in [1.165, 1.54) is 0 Å². The van der Waals surface area contributed by atoms with Crippen molar-refractivity contribution in [2.75, 3.05) is 11.5 Å². The van der Waals surface area contributed by atoms with E-state index in [1.807, 2.05) is 0 Å². The van der Waals surface area contributed by atoms with Crippen molar-refractivity contribution in [2.45, 2.75) is 13.3 Å². The molecule has 6 nitrogen and oxygen atoms in total. The molecule has 0 unspecified atom stereocenters. The molecule has 0 aliphatic heterocycles. The fourth-order valence-corrected chi connectivity index (χ4v) is 2.93. The van der Waals surface area contributed by atoms with Gasteiger partial charge in [-0.3, -0.25) is 9.11 Å². The van der Waals surface area contributed by atoms with E-state index in [0.717, 1.165) is 0 Å². The van der Waals surface area contributed by atoms with Crippen molar-refractivity contribution in [1.29, 1.82) is 0 Å². The Morgan fingerprint density at radius 2 is 1.31 bits per heavy atom. The molecule has 0 spiro atoms. The van der Waals surface area contributed by atoms with Crippen molar-refractivity contribution in [1.82, 2.24) is 0 Å². The molecule has 0 heterocycles. The Hall–Kier alpha value is -0.180. The van der Waals surface area contributed by atoms with Gasteiger partial charge in [0.1, 0.15) is 0 Å². The standard InChI is InChI=1S/C5H12O6S2/c1-2-5(3-12(6,7)8)4-13(9,10)11/h5H,2-4H2,1H3,(H,6,7,8)(H,9,10,11). The van der Waals surface area contributed by atoms with Gasteiger partial charge >= 0.3 is 0 Å². The Morgan fingerprint density at radius 1 is 1.00 bits per heavy atom. The normalized spacial score (nSPS) is 13.5. The van der Waals surface area contributed by atoms with E-state index in [9.17, 15) is 16.8 Å². The van der Waals surface area contributed by atoms with Gasteiger partial charge in [0.15, 0.2) is 0 Å². The molecule has 0 saturated carbocycles. The molecular formula is C5H12O6S2. The second kappa shape index (κ2) is 4.36. The minimum absolute atomic E-state index is 0.250. The van der Waals surface area contributed by atoms with Crippen LogP contribution in [-0.4, -0.2) is 37.4 Å². The van der Waals surface area contributed by atoms with E-state index >= 15 is 0 Å². The Labute approximate surface area is 77.5 Å². The van der Waals surface area contributed by atoms with Crippen molar-refractivity contribution in [3.05, 3.63) is 0 Å². The minimum atomic E-state index is -4.18. The third-order valence-corrected chi connectivity index (χ3v) is 3.26. The minimum Gasteiger partial charge on any atom is -0.286 e. The third kappa shape index (κ3) is 8.16. The van der Waals surface area contributed by atoms with Gasteiger partial charge in [-0.05, 0) is 5.92 Å². The summed E-state index contributed by atoms with van der Waals surface area (Å²) in [7, 11) is -8.37. The molecule has 0 atom stereocenters. The van der Waals surface area contributed by atoms with Crippen molar-refractivity contribution < 1.29 is 25.9 Å². The summed E-state index contributed by atoms with van der Waals surface area (Å²) in [6, 6.07) is 0. The zero-order valence-electron chi connectivity index (χ0n) is 7.04. The fraction of sp³-hybridized carbons (Fsp3) is 1.00. The lowest BCUT2D eigenvalue weighted by Gasteiger charge is -2.09. The van der Waals surface area contributed by atoms with Gasteiger partial charge in [-0.1, -0.05) is 13.3 Å². The monoisotopic (exact) mass is 232 g/mol. The summed E-state index contributed by atoms with van der Waals surface area (Å²) in [5.41, 5.74) is 0. The van der Waals surface area contributed by atoms with E-state index in [2.05, 4.69) is 0 Å². The van der Waals surface area contributed by atoms with Gasteiger partial charge in [0.2, 0.25) is 0 Å². The molecule has 0 rings (SSSR count). The number of rotatable bonds is 5. The van der Waals surface area contributed by atoms with E-state index in [4.69, 9.17) is 9.11 Å². The Kier molecular flexibility index (Phi) is 4.30. The molecule has 0 amide bonds. The maximum atomic E-state index is 10.4. The summed E-state index contributed by atoms with van der Waals surface area (Å²) in [4.78, 5) is 0. The molecule has 80 valence electrons. The first-order valence-electron chi connectivity index (χ1n) is 3.54. The largest absolute Gasteiger partial charge is 0.286 e. The van der Waals surface area contributed by atoms with E-state index in [0.29, 0.717) is 0 Å². The Balaban J connectivity index is 4.39. The molecule has 0 bridgehead atoms. The van der Waals surface area contributed by atoms with Gasteiger partial charge in [0.25, 0.3) is 20.2 Å². The van der Waals surface area contributed by atoms with Crippen molar-refractivity contribution >= 4 is 20.2 Å². The predicted octanol–water partition coefficient (Wildman–Crippen LogP) is -0.212. The van der Waals surface area contributed by atoms with Crippen molar-refractivity contribution in [3.8, 4) is 0 Å². The van der Waals surface area contributed by atoms with Crippen molar-refractivity contribution in [3.63, 3.8) is 0 Å². The van der Waals surface area contributed by atoms with Gasteiger partial charge in [-0.25, -0.2) is 0 Å². The molecule has 0 aromatic carbocycles. The summed E-state index contributed by atoms with van der Waals surface area (Å²) >= 11 is 0. The summed E-state index contributed by atoms with van der Waals surface area (Å²) in [6.07, 6.45) is 0.250. The summed E-state index contributed by atoms with van der Waals surface area (Å²) in [6.45, 7) is 1.57. The maximum absolute atomic E-state index is 10.4. The highest BCUT2D eigenvalue weighted by Crippen LogP contribution is 2.08. The molecule has 2 N–H and O–H groups in total. The van der Waals surface area contributed by atoms with Crippen LogP contribution in [0, 0.1) is 5.92 Å². The average Bonchev–Trinajstić information content (AvgIpc) is 1.79. The average molecular weight is 232 g/mol. The van der Waals surface area contributed by atoms with E-state index in [1.54, 1.807) is 6.92 Å². The van der Waals surface area contributed by atoms with E-state index in [-0.39, 0.29) is 6.42 Å². The molecule has 0 aromatic heterocycles. The SMILES string of the molecule is CCC(CS(=O)(=O)O)CS(=O)(=O)O. The lowest BCUT2D eigenvalue weighted by Crippen LogP contribution is -2.22. The number of hydrogen-bond donors (Lipinski definition) is 2. The fourth-order valence-electron chi connectivity index (χ4n) is 0.880. The van der Waals surface area contributed by atoms with Crippen LogP contribution in [0.15, 0.2) is 0 Å². The van der Waals surface area contributed by atoms with Crippen LogP contribution in [0.3, 0.4) is 0 Å². The van der Waals surface area contributed by atoms with Gasteiger partial charge < -0.3 is 0 Å². The molecular weight excluding hydrogens is 220 g/mol. The molecule has 0 aliphatic rings. The third-order valence-electron chi connectivity index (χ3n) is 1.47. The molecule has 0 radical (unpaired) electrons.